The number of hydrogen-bond acceptors (Lipinski definition) is 7. The highest BCUT2D eigenvalue weighted by Gasteiger charge is 2.34. The van der Waals surface area contributed by atoms with Crippen molar-refractivity contribution in [1.29, 1.82) is 0 Å². The molecule has 1 aliphatic rings. The fourth-order valence-corrected chi connectivity index (χ4v) is 3.44. The topological polar surface area (TPSA) is 107 Å². The molecule has 1 aliphatic heterocycles. The monoisotopic (exact) mass is 341 g/mol. The van der Waals surface area contributed by atoms with Crippen LogP contribution >= 0.6 is 0 Å². The molecule has 0 radical (unpaired) electrons. The van der Waals surface area contributed by atoms with E-state index in [4.69, 9.17) is 4.74 Å². The standard InChI is InChI=1S/C14H15NO7S/c1-10(9-23(19,20)11-5-3-2-4-6-11)21-14(18)22-15-12(16)7-8-13(15)17/h2-6,10H,7-9H2,1H3. The van der Waals surface area contributed by atoms with Gasteiger partial charge in [-0.25, -0.2) is 13.2 Å². The molecule has 0 N–H and O–H groups in total. The second kappa shape index (κ2) is 6.78. The number of amides is 2. The summed E-state index contributed by atoms with van der Waals surface area (Å²) in [6.07, 6.45) is -2.39. The molecular formula is C14H15NO7S. The van der Waals surface area contributed by atoms with Crippen LogP contribution in [0, 0.1) is 0 Å². The summed E-state index contributed by atoms with van der Waals surface area (Å²) in [6.45, 7) is 1.37. The van der Waals surface area contributed by atoms with Crippen molar-refractivity contribution >= 4 is 27.8 Å². The van der Waals surface area contributed by atoms with Crippen LogP contribution < -0.4 is 0 Å². The van der Waals surface area contributed by atoms with Gasteiger partial charge in [-0.3, -0.25) is 14.4 Å². The molecule has 1 aromatic carbocycles. The highest BCUT2D eigenvalue weighted by atomic mass is 32.2. The molecule has 1 unspecified atom stereocenters. The zero-order chi connectivity index (χ0) is 17.0. The van der Waals surface area contributed by atoms with Crippen molar-refractivity contribution in [2.75, 3.05) is 5.75 Å². The van der Waals surface area contributed by atoms with Crippen LogP contribution in [0.2, 0.25) is 0 Å². The highest BCUT2D eigenvalue weighted by Crippen LogP contribution is 2.15. The normalized spacial score (nSPS) is 16.3. The predicted molar refractivity (Wildman–Crippen MR) is 76.6 cm³/mol. The Morgan fingerprint density at radius 3 is 2.30 bits per heavy atom. The zero-order valence-corrected chi connectivity index (χ0v) is 13.1. The average molecular weight is 341 g/mol. The Morgan fingerprint density at radius 1 is 1.17 bits per heavy atom. The van der Waals surface area contributed by atoms with Crippen LogP contribution in [0.15, 0.2) is 35.2 Å². The maximum Gasteiger partial charge on any atom is 0.534 e. The van der Waals surface area contributed by atoms with Crippen molar-refractivity contribution in [3.8, 4) is 0 Å². The number of ether oxygens (including phenoxy) is 1. The van der Waals surface area contributed by atoms with E-state index in [0.29, 0.717) is 5.06 Å². The minimum absolute atomic E-state index is 0.0376. The highest BCUT2D eigenvalue weighted by molar-refractivity contribution is 7.91. The summed E-state index contributed by atoms with van der Waals surface area (Å²) in [4.78, 5) is 38.7. The maximum absolute atomic E-state index is 12.1. The molecular weight excluding hydrogens is 326 g/mol. The van der Waals surface area contributed by atoms with Crippen LogP contribution in [0.1, 0.15) is 19.8 Å². The van der Waals surface area contributed by atoms with Gasteiger partial charge in [0.2, 0.25) is 0 Å². The lowest BCUT2D eigenvalue weighted by Crippen LogP contribution is -2.34. The van der Waals surface area contributed by atoms with Crippen molar-refractivity contribution in [3.05, 3.63) is 30.3 Å². The van der Waals surface area contributed by atoms with Crippen LogP contribution in [0.25, 0.3) is 0 Å². The minimum Gasteiger partial charge on any atom is -0.429 e. The van der Waals surface area contributed by atoms with Gasteiger partial charge < -0.3 is 4.74 Å². The Kier molecular flexibility index (Phi) is 4.99. The van der Waals surface area contributed by atoms with E-state index >= 15 is 0 Å². The molecule has 2 amide bonds. The Morgan fingerprint density at radius 2 is 1.74 bits per heavy atom. The lowest BCUT2D eigenvalue weighted by Gasteiger charge is -2.16. The second-order valence-corrected chi connectivity index (χ2v) is 6.98. The predicted octanol–water partition coefficient (Wildman–Crippen LogP) is 1.07. The van der Waals surface area contributed by atoms with E-state index < -0.39 is 39.7 Å². The van der Waals surface area contributed by atoms with E-state index in [0.717, 1.165) is 0 Å². The Bertz CT molecular complexity index is 698. The molecule has 1 saturated heterocycles. The SMILES string of the molecule is CC(CS(=O)(=O)c1ccccc1)OC(=O)ON1C(=O)CCC1=O. The van der Waals surface area contributed by atoms with E-state index in [2.05, 4.69) is 4.84 Å². The van der Waals surface area contributed by atoms with Gasteiger partial charge in [-0.1, -0.05) is 23.3 Å². The van der Waals surface area contributed by atoms with Crippen molar-refractivity contribution in [2.45, 2.75) is 30.8 Å². The van der Waals surface area contributed by atoms with Gasteiger partial charge in [-0.05, 0) is 19.1 Å². The van der Waals surface area contributed by atoms with Crippen molar-refractivity contribution in [3.63, 3.8) is 0 Å². The van der Waals surface area contributed by atoms with Gasteiger partial charge in [-0.15, -0.1) is 0 Å². The Hall–Kier alpha value is -2.42. The number of sulfone groups is 1. The van der Waals surface area contributed by atoms with Gasteiger partial charge in [0.05, 0.1) is 10.6 Å². The van der Waals surface area contributed by atoms with Crippen LogP contribution in [-0.2, 0) is 29.0 Å². The summed E-state index contributed by atoms with van der Waals surface area (Å²) in [7, 11) is -3.63. The molecule has 0 saturated carbocycles. The van der Waals surface area contributed by atoms with Gasteiger partial charge >= 0.3 is 6.16 Å². The van der Waals surface area contributed by atoms with Gasteiger partial charge in [0.25, 0.3) is 11.8 Å². The molecule has 1 atom stereocenters. The van der Waals surface area contributed by atoms with Crippen molar-refractivity contribution in [1.82, 2.24) is 5.06 Å². The summed E-state index contributed by atoms with van der Waals surface area (Å²) >= 11 is 0. The first-order valence-electron chi connectivity index (χ1n) is 6.82. The van der Waals surface area contributed by atoms with Crippen LogP contribution in [0.4, 0.5) is 4.79 Å². The number of carbonyl (C=O) groups excluding carboxylic acids is 3. The summed E-state index contributed by atoms with van der Waals surface area (Å²) in [5, 5.41) is 0.334. The average Bonchev–Trinajstić information content (AvgIpc) is 2.79. The van der Waals surface area contributed by atoms with E-state index in [9.17, 15) is 22.8 Å². The zero-order valence-electron chi connectivity index (χ0n) is 12.3. The summed E-state index contributed by atoms with van der Waals surface area (Å²) < 4.78 is 29.0. The number of benzene rings is 1. The molecule has 0 bridgehead atoms. The van der Waals surface area contributed by atoms with E-state index in [1.807, 2.05) is 0 Å². The number of carbonyl (C=O) groups is 3. The third-order valence-electron chi connectivity index (χ3n) is 3.03. The second-order valence-electron chi connectivity index (χ2n) is 4.95. The third-order valence-corrected chi connectivity index (χ3v) is 4.92. The lowest BCUT2D eigenvalue weighted by molar-refractivity contribution is -0.178. The van der Waals surface area contributed by atoms with Gasteiger partial charge in [0, 0.05) is 12.8 Å². The Labute approximate surface area is 132 Å². The van der Waals surface area contributed by atoms with Crippen molar-refractivity contribution < 1.29 is 32.4 Å². The smallest absolute Gasteiger partial charge is 0.429 e. The molecule has 1 heterocycles. The van der Waals surface area contributed by atoms with Gasteiger partial charge in [0.1, 0.15) is 6.10 Å². The number of imide groups is 1. The molecule has 23 heavy (non-hydrogen) atoms. The first kappa shape index (κ1) is 16.9. The molecule has 124 valence electrons. The first-order valence-corrected chi connectivity index (χ1v) is 8.47. The Balaban J connectivity index is 1.92. The number of hydrogen-bond donors (Lipinski definition) is 0. The molecule has 0 aromatic heterocycles. The number of hydroxylamine groups is 2. The van der Waals surface area contributed by atoms with E-state index in [1.165, 1.54) is 19.1 Å². The fraction of sp³-hybridized carbons (Fsp3) is 0.357. The van der Waals surface area contributed by atoms with Crippen molar-refractivity contribution in [2.24, 2.45) is 0 Å². The largest absolute Gasteiger partial charge is 0.534 e. The summed E-state index contributed by atoms with van der Waals surface area (Å²) in [5.41, 5.74) is 0. The minimum atomic E-state index is -3.63. The first-order chi connectivity index (χ1) is 10.8. The summed E-state index contributed by atoms with van der Waals surface area (Å²) in [5.74, 6) is -1.73. The van der Waals surface area contributed by atoms with Gasteiger partial charge in [0.15, 0.2) is 9.84 Å². The van der Waals surface area contributed by atoms with Crippen LogP contribution in [0.3, 0.4) is 0 Å². The molecule has 0 aliphatic carbocycles. The molecule has 1 aromatic rings. The van der Waals surface area contributed by atoms with Crippen LogP contribution in [0.5, 0.6) is 0 Å². The number of nitrogens with zero attached hydrogens (tertiary/aromatic N) is 1. The molecule has 2 rings (SSSR count). The number of rotatable bonds is 5. The fourth-order valence-electron chi connectivity index (χ4n) is 1.99. The molecule has 9 heteroatoms. The quantitative estimate of drug-likeness (QED) is 0.582. The van der Waals surface area contributed by atoms with E-state index in [-0.39, 0.29) is 17.7 Å². The van der Waals surface area contributed by atoms with Gasteiger partial charge in [-0.2, -0.15) is 0 Å². The molecule has 8 nitrogen and oxygen atoms in total. The van der Waals surface area contributed by atoms with Crippen LogP contribution in [-0.4, -0.2) is 43.3 Å². The summed E-state index contributed by atoms with van der Waals surface area (Å²) in [6, 6.07) is 7.71. The molecule has 0 spiro atoms. The maximum atomic E-state index is 12.1. The third kappa shape index (κ3) is 4.28. The molecule has 1 fully saturated rings. The van der Waals surface area contributed by atoms with E-state index in [1.54, 1.807) is 18.2 Å². The lowest BCUT2D eigenvalue weighted by atomic mass is 10.4.